The van der Waals surface area contributed by atoms with Gasteiger partial charge in [0.15, 0.2) is 0 Å². The van der Waals surface area contributed by atoms with Gasteiger partial charge in [0.1, 0.15) is 5.69 Å². The van der Waals surface area contributed by atoms with Crippen molar-refractivity contribution in [3.63, 3.8) is 0 Å². The third kappa shape index (κ3) is 3.93. The van der Waals surface area contributed by atoms with Crippen LogP contribution in [-0.2, 0) is 0 Å². The molecule has 0 aliphatic rings. The molecule has 0 bridgehead atoms. The van der Waals surface area contributed by atoms with Gasteiger partial charge in [0.25, 0.3) is 11.6 Å². The first-order chi connectivity index (χ1) is 13.3. The van der Waals surface area contributed by atoms with Gasteiger partial charge in [-0.2, -0.15) is 5.10 Å². The Balaban J connectivity index is 2.10. The largest absolute Gasteiger partial charge is 0.349 e. The van der Waals surface area contributed by atoms with Crippen LogP contribution in [0.15, 0.2) is 48.5 Å². The summed E-state index contributed by atoms with van der Waals surface area (Å²) in [5.74, 6) is -0.254. The smallest absolute Gasteiger partial charge is 0.270 e. The average Bonchev–Trinajstić information content (AvgIpc) is 3.09. The van der Waals surface area contributed by atoms with E-state index < -0.39 is 4.92 Å². The highest BCUT2D eigenvalue weighted by molar-refractivity contribution is 5.94. The van der Waals surface area contributed by atoms with Gasteiger partial charge in [-0.3, -0.25) is 14.9 Å². The van der Waals surface area contributed by atoms with Crippen molar-refractivity contribution in [2.24, 2.45) is 0 Å². The van der Waals surface area contributed by atoms with E-state index in [9.17, 15) is 14.9 Å². The zero-order valence-electron chi connectivity index (χ0n) is 16.3. The van der Waals surface area contributed by atoms with Crippen LogP contribution in [0.25, 0.3) is 16.9 Å². The van der Waals surface area contributed by atoms with Crippen molar-refractivity contribution in [3.05, 3.63) is 75.5 Å². The summed E-state index contributed by atoms with van der Waals surface area (Å²) in [6.07, 6.45) is 0. The number of hydrogen-bond acceptors (Lipinski definition) is 4. The molecule has 1 heterocycles. The number of amides is 1. The van der Waals surface area contributed by atoms with Crippen molar-refractivity contribution in [1.29, 1.82) is 0 Å². The molecule has 0 atom stereocenters. The maximum Gasteiger partial charge on any atom is 0.270 e. The normalized spacial score (nSPS) is 10.9. The summed E-state index contributed by atoms with van der Waals surface area (Å²) in [7, 11) is 0. The summed E-state index contributed by atoms with van der Waals surface area (Å²) in [5, 5.41) is 18.4. The summed E-state index contributed by atoms with van der Waals surface area (Å²) >= 11 is 0. The number of nitro groups is 1. The quantitative estimate of drug-likeness (QED) is 0.532. The van der Waals surface area contributed by atoms with Crippen molar-refractivity contribution in [1.82, 2.24) is 15.1 Å². The van der Waals surface area contributed by atoms with E-state index in [1.807, 2.05) is 45.9 Å². The molecule has 7 heteroatoms. The van der Waals surface area contributed by atoms with E-state index in [1.54, 1.807) is 18.2 Å². The average molecular weight is 378 g/mol. The number of hydrogen-bond donors (Lipinski definition) is 1. The van der Waals surface area contributed by atoms with Gasteiger partial charge in [0, 0.05) is 23.7 Å². The Kier molecular flexibility index (Phi) is 5.26. The Labute approximate surface area is 163 Å². The number of rotatable bonds is 5. The molecule has 3 rings (SSSR count). The predicted molar refractivity (Wildman–Crippen MR) is 108 cm³/mol. The fourth-order valence-corrected chi connectivity index (χ4v) is 2.83. The summed E-state index contributed by atoms with van der Waals surface area (Å²) in [4.78, 5) is 23.2. The molecule has 0 spiro atoms. The van der Waals surface area contributed by atoms with E-state index in [0.29, 0.717) is 17.1 Å². The van der Waals surface area contributed by atoms with Gasteiger partial charge in [-0.05, 0) is 63.1 Å². The van der Waals surface area contributed by atoms with Gasteiger partial charge in [-0.25, -0.2) is 4.68 Å². The zero-order valence-corrected chi connectivity index (χ0v) is 16.3. The molecule has 0 saturated heterocycles. The van der Waals surface area contributed by atoms with Gasteiger partial charge in [0.05, 0.1) is 16.3 Å². The highest BCUT2D eigenvalue weighted by Gasteiger charge is 2.19. The highest BCUT2D eigenvalue weighted by atomic mass is 16.6. The van der Waals surface area contributed by atoms with E-state index in [-0.39, 0.29) is 17.6 Å². The van der Waals surface area contributed by atoms with Crippen LogP contribution in [0.4, 0.5) is 5.69 Å². The van der Waals surface area contributed by atoms with Crippen molar-refractivity contribution in [2.45, 2.75) is 33.7 Å². The van der Waals surface area contributed by atoms with Crippen molar-refractivity contribution in [2.75, 3.05) is 0 Å². The lowest BCUT2D eigenvalue weighted by molar-refractivity contribution is -0.384. The predicted octanol–water partition coefficient (Wildman–Crippen LogP) is 4.20. The van der Waals surface area contributed by atoms with Crippen LogP contribution in [0, 0.1) is 24.0 Å². The molecule has 7 nitrogen and oxygen atoms in total. The van der Waals surface area contributed by atoms with Crippen LogP contribution in [0.2, 0.25) is 0 Å². The molecule has 0 radical (unpaired) electrons. The van der Waals surface area contributed by atoms with Gasteiger partial charge < -0.3 is 5.32 Å². The molecule has 1 amide bonds. The maximum atomic E-state index is 12.7. The highest BCUT2D eigenvalue weighted by Crippen LogP contribution is 2.25. The molecular formula is C21H22N4O3. The Morgan fingerprint density at radius 2 is 1.75 bits per heavy atom. The van der Waals surface area contributed by atoms with E-state index >= 15 is 0 Å². The molecular weight excluding hydrogens is 356 g/mol. The van der Waals surface area contributed by atoms with Crippen LogP contribution in [0.5, 0.6) is 0 Å². The lowest BCUT2D eigenvalue weighted by atomic mass is 10.0. The second-order valence-corrected chi connectivity index (χ2v) is 7.03. The summed E-state index contributed by atoms with van der Waals surface area (Å²) in [6.45, 7) is 7.83. The van der Waals surface area contributed by atoms with Crippen LogP contribution >= 0.6 is 0 Å². The first-order valence-electron chi connectivity index (χ1n) is 8.99. The molecule has 144 valence electrons. The Morgan fingerprint density at radius 1 is 1.07 bits per heavy atom. The molecule has 0 saturated carbocycles. The van der Waals surface area contributed by atoms with Crippen molar-refractivity contribution >= 4 is 11.6 Å². The van der Waals surface area contributed by atoms with Crippen LogP contribution in [-0.4, -0.2) is 26.7 Å². The molecule has 3 aromatic rings. The molecule has 1 N–H and O–H groups in total. The van der Waals surface area contributed by atoms with Gasteiger partial charge in [0.2, 0.25) is 0 Å². The van der Waals surface area contributed by atoms with Gasteiger partial charge in [-0.1, -0.05) is 12.1 Å². The van der Waals surface area contributed by atoms with Crippen LogP contribution in [0.3, 0.4) is 0 Å². The SMILES string of the molecule is Cc1ccc(-c2cc(C(=O)NC(C)C)n(-c3ccc([N+](=O)[O-])cc3)n2)cc1C. The maximum absolute atomic E-state index is 12.7. The topological polar surface area (TPSA) is 90.1 Å². The number of carbonyl (C=O) groups is 1. The summed E-state index contributed by atoms with van der Waals surface area (Å²) in [6, 6.07) is 13.7. The van der Waals surface area contributed by atoms with Gasteiger partial charge >= 0.3 is 0 Å². The van der Waals surface area contributed by atoms with Crippen LogP contribution < -0.4 is 5.32 Å². The molecule has 1 aromatic heterocycles. The van der Waals surface area contributed by atoms with Gasteiger partial charge in [-0.15, -0.1) is 0 Å². The second kappa shape index (κ2) is 7.64. The molecule has 0 aliphatic heterocycles. The van der Waals surface area contributed by atoms with E-state index in [4.69, 9.17) is 0 Å². The van der Waals surface area contributed by atoms with Crippen LogP contribution in [0.1, 0.15) is 35.5 Å². The fraction of sp³-hybridized carbons (Fsp3) is 0.238. The minimum atomic E-state index is -0.459. The van der Waals surface area contributed by atoms with E-state index in [1.165, 1.54) is 22.4 Å². The first-order valence-corrected chi connectivity index (χ1v) is 8.99. The number of benzene rings is 2. The fourth-order valence-electron chi connectivity index (χ4n) is 2.83. The number of carbonyl (C=O) groups excluding carboxylic acids is 1. The molecule has 0 aliphatic carbocycles. The molecule has 2 aromatic carbocycles. The summed E-state index contributed by atoms with van der Waals surface area (Å²) in [5.41, 5.74) is 4.81. The zero-order chi connectivity index (χ0) is 20.4. The minimum Gasteiger partial charge on any atom is -0.349 e. The van der Waals surface area contributed by atoms with E-state index in [2.05, 4.69) is 10.4 Å². The van der Waals surface area contributed by atoms with Crippen molar-refractivity contribution < 1.29 is 9.72 Å². The van der Waals surface area contributed by atoms with Crippen molar-refractivity contribution in [3.8, 4) is 16.9 Å². The third-order valence-electron chi connectivity index (χ3n) is 4.47. The Bertz CT molecular complexity index is 1040. The second-order valence-electron chi connectivity index (χ2n) is 7.03. The number of aryl methyl sites for hydroxylation is 2. The number of nitrogens with zero attached hydrogens (tertiary/aromatic N) is 3. The monoisotopic (exact) mass is 378 g/mol. The minimum absolute atomic E-state index is 0.0153. The number of nitro benzene ring substituents is 1. The Hall–Kier alpha value is -3.48. The third-order valence-corrected chi connectivity index (χ3v) is 4.47. The number of aromatic nitrogens is 2. The molecule has 28 heavy (non-hydrogen) atoms. The first kappa shape index (κ1) is 19.3. The number of nitrogens with one attached hydrogen (secondary N) is 1. The standard InChI is InChI=1S/C21H22N4O3/c1-13(2)22-21(26)20-12-19(16-6-5-14(3)15(4)11-16)23-24(20)17-7-9-18(10-8-17)25(27)28/h5-13H,1-4H3,(H,22,26). The summed E-state index contributed by atoms with van der Waals surface area (Å²) < 4.78 is 1.52. The lowest BCUT2D eigenvalue weighted by Gasteiger charge is -2.10. The lowest BCUT2D eigenvalue weighted by Crippen LogP contribution is -2.31. The molecule has 0 unspecified atom stereocenters. The molecule has 0 fully saturated rings. The van der Waals surface area contributed by atoms with E-state index in [0.717, 1.165) is 11.1 Å². The number of non-ortho nitro benzene ring substituents is 1. The Morgan fingerprint density at radius 3 is 2.32 bits per heavy atom.